The molecule has 0 atom stereocenters. The van der Waals surface area contributed by atoms with E-state index in [1.54, 1.807) is 6.20 Å². The molecule has 1 aromatic carbocycles. The summed E-state index contributed by atoms with van der Waals surface area (Å²) in [7, 11) is 0. The minimum atomic E-state index is -0.233. The van der Waals surface area contributed by atoms with Gasteiger partial charge >= 0.3 is 5.97 Å². The number of thioether (sulfide) groups is 1. The molecular formula is C15H14BrNO2S. The molecule has 104 valence electrons. The van der Waals surface area contributed by atoms with E-state index in [1.807, 2.05) is 43.3 Å². The summed E-state index contributed by atoms with van der Waals surface area (Å²) in [5.74, 6) is 0.0675. The Labute approximate surface area is 130 Å². The molecule has 0 N–H and O–H groups in total. The minimum absolute atomic E-state index is 0.222. The maximum Gasteiger partial charge on any atom is 0.316 e. The SMILES string of the molecule is Cc1cc(Br)ccc1SCC(=O)OCc1ccccn1. The van der Waals surface area contributed by atoms with E-state index in [9.17, 15) is 4.79 Å². The molecule has 0 fully saturated rings. The standard InChI is InChI=1S/C15H14BrNO2S/c1-11-8-12(16)5-6-14(11)20-10-15(18)19-9-13-4-2-3-7-17-13/h2-8H,9-10H2,1H3. The number of pyridine rings is 1. The summed E-state index contributed by atoms with van der Waals surface area (Å²) in [6.07, 6.45) is 1.68. The highest BCUT2D eigenvalue weighted by atomic mass is 79.9. The van der Waals surface area contributed by atoms with Crippen molar-refractivity contribution in [1.29, 1.82) is 0 Å². The van der Waals surface area contributed by atoms with Crippen LogP contribution in [-0.4, -0.2) is 16.7 Å². The van der Waals surface area contributed by atoms with Crippen molar-refractivity contribution in [3.63, 3.8) is 0 Å². The van der Waals surface area contributed by atoms with E-state index >= 15 is 0 Å². The molecular weight excluding hydrogens is 338 g/mol. The summed E-state index contributed by atoms with van der Waals surface area (Å²) in [5.41, 5.74) is 1.90. The molecule has 0 aliphatic rings. The van der Waals surface area contributed by atoms with Crippen LogP contribution in [0.3, 0.4) is 0 Å². The number of halogens is 1. The topological polar surface area (TPSA) is 39.2 Å². The highest BCUT2D eigenvalue weighted by Gasteiger charge is 2.07. The molecule has 2 rings (SSSR count). The number of ether oxygens (including phenoxy) is 1. The van der Waals surface area contributed by atoms with Gasteiger partial charge < -0.3 is 4.74 Å². The number of hydrogen-bond donors (Lipinski definition) is 0. The molecule has 0 bridgehead atoms. The molecule has 0 aliphatic carbocycles. The molecule has 1 aromatic heterocycles. The van der Waals surface area contributed by atoms with E-state index < -0.39 is 0 Å². The average molecular weight is 352 g/mol. The van der Waals surface area contributed by atoms with Crippen LogP contribution in [0.4, 0.5) is 0 Å². The normalized spacial score (nSPS) is 10.3. The third-order valence-corrected chi connectivity index (χ3v) is 4.23. The van der Waals surface area contributed by atoms with Crippen molar-refractivity contribution < 1.29 is 9.53 Å². The largest absolute Gasteiger partial charge is 0.459 e. The molecule has 0 amide bonds. The Kier molecular flexibility index (Phi) is 5.61. The van der Waals surface area contributed by atoms with Gasteiger partial charge in [-0.15, -0.1) is 11.8 Å². The monoisotopic (exact) mass is 351 g/mol. The Balaban J connectivity index is 1.80. The first-order valence-electron chi connectivity index (χ1n) is 6.09. The lowest BCUT2D eigenvalue weighted by Crippen LogP contribution is -2.08. The van der Waals surface area contributed by atoms with E-state index in [2.05, 4.69) is 20.9 Å². The van der Waals surface area contributed by atoms with Crippen molar-refractivity contribution in [2.24, 2.45) is 0 Å². The first-order chi connectivity index (χ1) is 9.65. The number of esters is 1. The minimum Gasteiger partial charge on any atom is -0.459 e. The maximum atomic E-state index is 11.7. The second-order valence-electron chi connectivity index (χ2n) is 4.18. The highest BCUT2D eigenvalue weighted by Crippen LogP contribution is 2.25. The summed E-state index contributed by atoms with van der Waals surface area (Å²) in [6.45, 7) is 2.24. The van der Waals surface area contributed by atoms with Gasteiger partial charge in [0.1, 0.15) is 6.61 Å². The molecule has 1 heterocycles. The third-order valence-electron chi connectivity index (χ3n) is 2.59. The smallest absolute Gasteiger partial charge is 0.316 e. The molecule has 0 saturated carbocycles. The third kappa shape index (κ3) is 4.65. The Morgan fingerprint density at radius 2 is 2.20 bits per heavy atom. The summed E-state index contributed by atoms with van der Waals surface area (Å²) in [6, 6.07) is 11.5. The fraction of sp³-hybridized carbons (Fsp3) is 0.200. The number of rotatable bonds is 5. The van der Waals surface area contributed by atoms with Gasteiger partial charge in [0.05, 0.1) is 11.4 Å². The molecule has 0 aliphatic heterocycles. The predicted octanol–water partition coefficient (Wildman–Crippen LogP) is 3.99. The van der Waals surface area contributed by atoms with Crippen LogP contribution in [-0.2, 0) is 16.1 Å². The molecule has 0 radical (unpaired) electrons. The molecule has 0 saturated heterocycles. The lowest BCUT2D eigenvalue weighted by molar-refractivity contribution is -0.141. The highest BCUT2D eigenvalue weighted by molar-refractivity contribution is 9.10. The summed E-state index contributed by atoms with van der Waals surface area (Å²) < 4.78 is 6.22. The van der Waals surface area contributed by atoms with Gasteiger partial charge in [-0.2, -0.15) is 0 Å². The zero-order valence-corrected chi connectivity index (χ0v) is 13.4. The van der Waals surface area contributed by atoms with E-state index in [4.69, 9.17) is 4.74 Å². The van der Waals surface area contributed by atoms with Gasteiger partial charge in [0.2, 0.25) is 0 Å². The Hall–Kier alpha value is -1.33. The number of carbonyl (C=O) groups is 1. The quantitative estimate of drug-likeness (QED) is 0.603. The van der Waals surface area contributed by atoms with Gasteiger partial charge in [0.15, 0.2) is 0 Å². The predicted molar refractivity (Wildman–Crippen MR) is 83.6 cm³/mol. The van der Waals surface area contributed by atoms with Crippen molar-refractivity contribution in [3.05, 3.63) is 58.3 Å². The summed E-state index contributed by atoms with van der Waals surface area (Å²) in [5, 5.41) is 0. The number of hydrogen-bond acceptors (Lipinski definition) is 4. The lowest BCUT2D eigenvalue weighted by atomic mass is 10.2. The van der Waals surface area contributed by atoms with Gasteiger partial charge in [-0.25, -0.2) is 0 Å². The summed E-state index contributed by atoms with van der Waals surface area (Å²) >= 11 is 4.90. The van der Waals surface area contributed by atoms with E-state index in [0.29, 0.717) is 5.75 Å². The fourth-order valence-electron chi connectivity index (χ4n) is 1.59. The van der Waals surface area contributed by atoms with Crippen LogP contribution < -0.4 is 0 Å². The summed E-state index contributed by atoms with van der Waals surface area (Å²) in [4.78, 5) is 16.9. The molecule has 5 heteroatoms. The van der Waals surface area contributed by atoms with Gasteiger partial charge in [0, 0.05) is 15.6 Å². The molecule has 2 aromatic rings. The van der Waals surface area contributed by atoms with Crippen molar-refractivity contribution >= 4 is 33.7 Å². The zero-order valence-electron chi connectivity index (χ0n) is 11.0. The first kappa shape index (κ1) is 15.1. The van der Waals surface area contributed by atoms with Gasteiger partial charge in [0.25, 0.3) is 0 Å². The van der Waals surface area contributed by atoms with Crippen LogP contribution in [0.25, 0.3) is 0 Å². The van der Waals surface area contributed by atoms with E-state index in [0.717, 1.165) is 20.6 Å². The first-order valence-corrected chi connectivity index (χ1v) is 7.87. The van der Waals surface area contributed by atoms with Crippen molar-refractivity contribution in [1.82, 2.24) is 4.98 Å². The fourth-order valence-corrected chi connectivity index (χ4v) is 2.87. The molecule has 20 heavy (non-hydrogen) atoms. The van der Waals surface area contributed by atoms with Crippen LogP contribution >= 0.6 is 27.7 Å². The Bertz CT molecular complexity index is 590. The zero-order chi connectivity index (χ0) is 14.4. The van der Waals surface area contributed by atoms with Gasteiger partial charge in [-0.1, -0.05) is 22.0 Å². The van der Waals surface area contributed by atoms with E-state index in [1.165, 1.54) is 11.8 Å². The van der Waals surface area contributed by atoms with Gasteiger partial charge in [-0.3, -0.25) is 9.78 Å². The van der Waals surface area contributed by atoms with Crippen LogP contribution in [0.1, 0.15) is 11.3 Å². The number of aryl methyl sites for hydroxylation is 1. The van der Waals surface area contributed by atoms with Crippen LogP contribution in [0.5, 0.6) is 0 Å². The second kappa shape index (κ2) is 7.45. The molecule has 3 nitrogen and oxygen atoms in total. The number of carbonyl (C=O) groups excluding carboxylic acids is 1. The van der Waals surface area contributed by atoms with Crippen LogP contribution in [0, 0.1) is 6.92 Å². The number of aromatic nitrogens is 1. The molecule has 0 unspecified atom stereocenters. The van der Waals surface area contributed by atoms with Gasteiger partial charge in [-0.05, 0) is 42.8 Å². The van der Waals surface area contributed by atoms with Crippen LogP contribution in [0.15, 0.2) is 52.0 Å². The lowest BCUT2D eigenvalue weighted by Gasteiger charge is -2.06. The molecule has 0 spiro atoms. The maximum absolute atomic E-state index is 11.7. The number of benzene rings is 1. The van der Waals surface area contributed by atoms with Crippen molar-refractivity contribution in [2.75, 3.05) is 5.75 Å². The van der Waals surface area contributed by atoms with E-state index in [-0.39, 0.29) is 12.6 Å². The average Bonchev–Trinajstić information content (AvgIpc) is 2.45. The van der Waals surface area contributed by atoms with Crippen LogP contribution in [0.2, 0.25) is 0 Å². The Morgan fingerprint density at radius 1 is 1.35 bits per heavy atom. The second-order valence-corrected chi connectivity index (χ2v) is 6.11. The van der Waals surface area contributed by atoms with Crippen molar-refractivity contribution in [2.45, 2.75) is 18.4 Å². The Morgan fingerprint density at radius 3 is 2.90 bits per heavy atom. The van der Waals surface area contributed by atoms with Crippen molar-refractivity contribution in [3.8, 4) is 0 Å². The number of nitrogens with zero attached hydrogens (tertiary/aromatic N) is 1.